The van der Waals surface area contributed by atoms with Gasteiger partial charge >= 0.3 is 0 Å². The van der Waals surface area contributed by atoms with Gasteiger partial charge in [0.2, 0.25) is 0 Å². The smallest absolute Gasteiger partial charge is 0.251 e. The first-order chi connectivity index (χ1) is 17.7. The SMILES string of the molecule is CC(C)(C)/[N+]([O-])=C/c1ccc(CNC(=O)[C@H](O)[C@@H](O)[C@H](O[C@@H]2O[C@H](CO)[C@H](O)[C@H](O)[C@H]2O)[C@H](O)CO)cc1. The fraction of sp³-hybridized carbons (Fsp3) is 0.667. The second kappa shape index (κ2) is 13.7. The Balaban J connectivity index is 2.04. The molecule has 1 aliphatic rings. The van der Waals surface area contributed by atoms with Crippen molar-refractivity contribution in [3.05, 3.63) is 40.6 Å². The molecule has 38 heavy (non-hydrogen) atoms. The molecule has 1 aliphatic heterocycles. The van der Waals surface area contributed by atoms with Crippen LogP contribution in [0.1, 0.15) is 31.9 Å². The van der Waals surface area contributed by atoms with Gasteiger partial charge in [0.15, 0.2) is 24.1 Å². The molecule has 14 nitrogen and oxygen atoms in total. The van der Waals surface area contributed by atoms with Crippen molar-refractivity contribution < 1.29 is 59.9 Å². The summed E-state index contributed by atoms with van der Waals surface area (Å²) in [6.07, 6.45) is -15.2. The van der Waals surface area contributed by atoms with Crippen LogP contribution in [0.15, 0.2) is 24.3 Å². The maximum absolute atomic E-state index is 12.5. The van der Waals surface area contributed by atoms with Crippen LogP contribution in [0.2, 0.25) is 0 Å². The zero-order valence-corrected chi connectivity index (χ0v) is 21.4. The predicted molar refractivity (Wildman–Crippen MR) is 131 cm³/mol. The first-order valence-corrected chi connectivity index (χ1v) is 12.0. The van der Waals surface area contributed by atoms with Crippen LogP contribution >= 0.6 is 0 Å². The first-order valence-electron chi connectivity index (χ1n) is 12.0. The molecule has 0 unspecified atom stereocenters. The molecule has 1 aromatic carbocycles. The van der Waals surface area contributed by atoms with Crippen molar-refractivity contribution >= 4 is 12.1 Å². The predicted octanol–water partition coefficient (Wildman–Crippen LogP) is -3.71. The maximum atomic E-state index is 12.5. The molecular weight excluding hydrogens is 508 g/mol. The van der Waals surface area contributed by atoms with E-state index in [-0.39, 0.29) is 6.54 Å². The number of aliphatic hydroxyl groups is 8. The van der Waals surface area contributed by atoms with Gasteiger partial charge in [-0.25, -0.2) is 4.74 Å². The number of nitrogens with one attached hydrogen (secondary N) is 1. The van der Waals surface area contributed by atoms with E-state index < -0.39 is 79.8 Å². The van der Waals surface area contributed by atoms with Crippen molar-refractivity contribution in [2.45, 2.75) is 88.0 Å². The Bertz CT molecular complexity index is 920. The summed E-state index contributed by atoms with van der Waals surface area (Å²) < 4.78 is 11.3. The van der Waals surface area contributed by atoms with Crippen LogP contribution in [-0.4, -0.2) is 132 Å². The Morgan fingerprint density at radius 3 is 2.24 bits per heavy atom. The molecular formula is C24H38N2O12. The summed E-state index contributed by atoms with van der Waals surface area (Å²) in [7, 11) is 0. The average Bonchev–Trinajstić information content (AvgIpc) is 2.89. The van der Waals surface area contributed by atoms with Gasteiger partial charge in [-0.15, -0.1) is 0 Å². The first kappa shape index (κ1) is 32.0. The lowest BCUT2D eigenvalue weighted by Crippen LogP contribution is -2.62. The number of carbonyl (C=O) groups is 1. The van der Waals surface area contributed by atoms with Crippen LogP contribution in [0, 0.1) is 5.21 Å². The molecule has 0 radical (unpaired) electrons. The van der Waals surface area contributed by atoms with E-state index in [4.69, 9.17) is 9.47 Å². The summed E-state index contributed by atoms with van der Waals surface area (Å²) in [4.78, 5) is 12.5. The van der Waals surface area contributed by atoms with E-state index in [1.54, 1.807) is 45.0 Å². The summed E-state index contributed by atoms with van der Waals surface area (Å²) in [5.74, 6) is -1.06. The van der Waals surface area contributed by atoms with Crippen LogP contribution in [0.4, 0.5) is 0 Å². The number of hydrogen-bond acceptors (Lipinski definition) is 12. The van der Waals surface area contributed by atoms with Gasteiger partial charge in [0.05, 0.1) is 13.2 Å². The van der Waals surface area contributed by atoms with Crippen molar-refractivity contribution in [2.24, 2.45) is 0 Å². The van der Waals surface area contributed by atoms with E-state index in [2.05, 4.69) is 5.32 Å². The zero-order valence-electron chi connectivity index (χ0n) is 21.4. The minimum atomic E-state index is -2.17. The van der Waals surface area contributed by atoms with Gasteiger partial charge in [-0.05, 0) is 17.7 Å². The summed E-state index contributed by atoms with van der Waals surface area (Å²) in [6, 6.07) is 6.61. The van der Waals surface area contributed by atoms with E-state index in [0.717, 1.165) is 4.74 Å². The molecule has 216 valence electrons. The van der Waals surface area contributed by atoms with E-state index in [0.29, 0.717) is 11.1 Å². The van der Waals surface area contributed by atoms with E-state index in [1.807, 2.05) is 0 Å². The largest absolute Gasteiger partial charge is 0.623 e. The van der Waals surface area contributed by atoms with E-state index >= 15 is 0 Å². The summed E-state index contributed by atoms with van der Waals surface area (Å²) in [5, 5.41) is 94.1. The number of benzene rings is 1. The molecule has 2 rings (SSSR count). The summed E-state index contributed by atoms with van der Waals surface area (Å²) >= 11 is 0. The number of ether oxygens (including phenoxy) is 2. The highest BCUT2D eigenvalue weighted by Crippen LogP contribution is 2.25. The van der Waals surface area contributed by atoms with E-state index in [1.165, 1.54) is 6.21 Å². The molecule has 1 amide bonds. The monoisotopic (exact) mass is 546 g/mol. The second-order valence-electron chi connectivity index (χ2n) is 10.1. The minimum absolute atomic E-state index is 0.0654. The molecule has 1 aromatic rings. The normalized spacial score (nSPS) is 27.9. The third-order valence-corrected chi connectivity index (χ3v) is 6.01. The van der Waals surface area contributed by atoms with Crippen LogP contribution in [-0.2, 0) is 20.8 Å². The van der Waals surface area contributed by atoms with Crippen molar-refractivity contribution in [3.8, 4) is 0 Å². The quantitative estimate of drug-likeness (QED) is 0.0564. The van der Waals surface area contributed by atoms with Crippen LogP contribution < -0.4 is 5.32 Å². The lowest BCUT2D eigenvalue weighted by atomic mass is 9.98. The summed E-state index contributed by atoms with van der Waals surface area (Å²) in [6.45, 7) is 3.48. The number of hydrogen-bond donors (Lipinski definition) is 9. The number of amides is 1. The lowest BCUT2D eigenvalue weighted by molar-refractivity contribution is -0.530. The molecule has 0 aromatic heterocycles. The number of nitrogens with zero attached hydrogens (tertiary/aromatic N) is 1. The number of rotatable bonds is 11. The molecule has 14 heteroatoms. The topological polar surface area (TPSA) is 235 Å². The molecule has 0 bridgehead atoms. The molecule has 9 atom stereocenters. The highest BCUT2D eigenvalue weighted by Gasteiger charge is 2.47. The Morgan fingerprint density at radius 2 is 1.71 bits per heavy atom. The van der Waals surface area contributed by atoms with Gasteiger partial charge in [0.25, 0.3) is 5.91 Å². The minimum Gasteiger partial charge on any atom is -0.623 e. The van der Waals surface area contributed by atoms with Crippen LogP contribution in [0.3, 0.4) is 0 Å². The fourth-order valence-electron chi connectivity index (χ4n) is 3.52. The van der Waals surface area contributed by atoms with Gasteiger partial charge < -0.3 is 60.8 Å². The molecule has 1 saturated heterocycles. The average molecular weight is 547 g/mol. The molecule has 1 heterocycles. The Hall–Kier alpha value is -2.24. The summed E-state index contributed by atoms with van der Waals surface area (Å²) in [5.41, 5.74) is 0.624. The van der Waals surface area contributed by atoms with Crippen molar-refractivity contribution in [1.82, 2.24) is 5.32 Å². The standard InChI is InChI=1S/C24H38N2O12/c1-24(2,3)26(36)9-13-6-4-12(5-7-13)8-25-22(35)19(33)18(32)21(14(29)10-27)38-23-20(34)17(31)16(30)15(11-28)37-23/h4-7,9,14-21,23,27-34H,8,10-11H2,1-3H3,(H,25,35)/b26-9-/t14-,15-,16+,17+,18-,19-,20-,21-,23+/m1/s1. The lowest BCUT2D eigenvalue weighted by Gasteiger charge is -2.42. The number of aliphatic hydroxyl groups excluding tert-OH is 8. The van der Waals surface area contributed by atoms with Crippen molar-refractivity contribution in [2.75, 3.05) is 13.2 Å². The van der Waals surface area contributed by atoms with E-state index in [9.17, 15) is 50.9 Å². The third kappa shape index (κ3) is 8.13. The Morgan fingerprint density at radius 1 is 1.11 bits per heavy atom. The van der Waals surface area contributed by atoms with Gasteiger partial charge in [0.1, 0.15) is 42.7 Å². The van der Waals surface area contributed by atoms with Gasteiger partial charge in [-0.2, -0.15) is 0 Å². The molecule has 0 aliphatic carbocycles. The van der Waals surface area contributed by atoms with Gasteiger partial charge in [0, 0.05) is 32.9 Å². The fourth-order valence-corrected chi connectivity index (χ4v) is 3.52. The third-order valence-electron chi connectivity index (χ3n) is 6.01. The zero-order chi connectivity index (χ0) is 28.8. The molecule has 0 saturated carbocycles. The Labute approximate surface area is 219 Å². The maximum Gasteiger partial charge on any atom is 0.251 e. The van der Waals surface area contributed by atoms with Crippen LogP contribution in [0.25, 0.3) is 0 Å². The van der Waals surface area contributed by atoms with Gasteiger partial charge in [-0.3, -0.25) is 4.79 Å². The van der Waals surface area contributed by atoms with Crippen LogP contribution in [0.5, 0.6) is 0 Å². The molecule has 0 spiro atoms. The number of hydroxylamine groups is 1. The molecule has 1 fully saturated rings. The second-order valence-corrected chi connectivity index (χ2v) is 10.1. The van der Waals surface area contributed by atoms with Gasteiger partial charge in [-0.1, -0.05) is 12.1 Å². The highest BCUT2D eigenvalue weighted by atomic mass is 16.7. The molecule has 9 N–H and O–H groups in total. The number of carbonyl (C=O) groups excluding carboxylic acids is 1. The Kier molecular flexibility index (Phi) is 11.5. The highest BCUT2D eigenvalue weighted by molar-refractivity contribution is 5.81. The van der Waals surface area contributed by atoms with Crippen molar-refractivity contribution in [3.63, 3.8) is 0 Å². The van der Waals surface area contributed by atoms with Crippen molar-refractivity contribution in [1.29, 1.82) is 0 Å².